The Morgan fingerprint density at radius 1 is 1.30 bits per heavy atom. The fourth-order valence-electron chi connectivity index (χ4n) is 3.49. The van der Waals surface area contributed by atoms with Gasteiger partial charge in [-0.05, 0) is 32.1 Å². The van der Waals surface area contributed by atoms with Crippen LogP contribution in [0.25, 0.3) is 0 Å². The number of ether oxygens (including phenoxy) is 1. The van der Waals surface area contributed by atoms with E-state index in [0.717, 1.165) is 32.1 Å². The number of nitrogens with zero attached hydrogens (tertiary/aromatic N) is 2. The molecule has 0 aliphatic carbocycles. The number of rotatable bonds is 3. The molecule has 0 aromatic carbocycles. The van der Waals surface area contributed by atoms with Crippen LogP contribution in [0.1, 0.15) is 43.8 Å². The zero-order valence-corrected chi connectivity index (χ0v) is 14.1. The van der Waals surface area contributed by atoms with Crippen molar-refractivity contribution in [3.8, 4) is 0 Å². The second-order valence-corrected chi connectivity index (χ2v) is 8.33. The largest absolute Gasteiger partial charge is 0.381 e. The van der Waals surface area contributed by atoms with E-state index in [1.165, 1.54) is 12.5 Å². The van der Waals surface area contributed by atoms with Crippen molar-refractivity contribution in [1.82, 2.24) is 15.1 Å². The lowest BCUT2D eigenvalue weighted by molar-refractivity contribution is -0.142. The molecular weight excluding hydrogens is 318 g/mol. The number of likely N-dealkylation sites (tertiary alicyclic amines) is 1. The van der Waals surface area contributed by atoms with Crippen molar-refractivity contribution >= 4 is 15.7 Å². The molecule has 1 atom stereocenters. The predicted molar refractivity (Wildman–Crippen MR) is 83.5 cm³/mol. The number of carbonyl (C=O) groups excluding carboxylic acids is 1. The van der Waals surface area contributed by atoms with Crippen molar-refractivity contribution in [3.63, 3.8) is 0 Å². The summed E-state index contributed by atoms with van der Waals surface area (Å²) in [7, 11) is -3.37. The Kier molecular flexibility index (Phi) is 4.72. The van der Waals surface area contributed by atoms with Crippen LogP contribution in [0.5, 0.6) is 0 Å². The predicted octanol–water partition coefficient (Wildman–Crippen LogP) is 1.29. The quantitative estimate of drug-likeness (QED) is 0.894. The molecule has 8 heteroatoms. The minimum absolute atomic E-state index is 0.0195. The zero-order chi connectivity index (χ0) is 16.4. The Hall–Kier alpha value is -1.41. The Labute approximate surface area is 136 Å². The number of hydrogen-bond acceptors (Lipinski definition) is 5. The molecule has 2 aliphatic rings. The van der Waals surface area contributed by atoms with E-state index in [1.54, 1.807) is 0 Å². The summed E-state index contributed by atoms with van der Waals surface area (Å²) in [5.74, 6) is 0.0982. The number of nitrogens with one attached hydrogen (secondary N) is 1. The lowest BCUT2D eigenvalue weighted by Crippen LogP contribution is -2.43. The monoisotopic (exact) mass is 341 g/mol. The number of hydrogen-bond donors (Lipinski definition) is 1. The third-order valence-corrected chi connectivity index (χ3v) is 5.85. The second-order valence-electron chi connectivity index (χ2n) is 6.35. The number of amides is 1. The molecule has 3 rings (SSSR count). The molecule has 2 fully saturated rings. The highest BCUT2D eigenvalue weighted by molar-refractivity contribution is 7.90. The summed E-state index contributed by atoms with van der Waals surface area (Å²) < 4.78 is 29.2. The van der Waals surface area contributed by atoms with Gasteiger partial charge in [0, 0.05) is 31.9 Å². The van der Waals surface area contributed by atoms with Crippen LogP contribution in [0.15, 0.2) is 11.1 Å². The fourth-order valence-corrected chi connectivity index (χ4v) is 4.32. The number of aromatic amines is 1. The van der Waals surface area contributed by atoms with Crippen LogP contribution < -0.4 is 0 Å². The van der Waals surface area contributed by atoms with Crippen LogP contribution in [0.4, 0.5) is 0 Å². The van der Waals surface area contributed by atoms with Gasteiger partial charge < -0.3 is 9.64 Å². The van der Waals surface area contributed by atoms with Crippen molar-refractivity contribution in [1.29, 1.82) is 0 Å². The topological polar surface area (TPSA) is 92.4 Å². The number of sulfone groups is 1. The molecule has 1 N–H and O–H groups in total. The molecular formula is C15H23N3O4S. The highest BCUT2D eigenvalue weighted by Gasteiger charge is 2.36. The summed E-state index contributed by atoms with van der Waals surface area (Å²) in [5.41, 5.74) is 0.549. The van der Waals surface area contributed by atoms with Crippen molar-refractivity contribution < 1.29 is 17.9 Å². The van der Waals surface area contributed by atoms with Gasteiger partial charge in [-0.15, -0.1) is 0 Å². The van der Waals surface area contributed by atoms with Gasteiger partial charge in [0.05, 0.1) is 17.9 Å². The van der Waals surface area contributed by atoms with Crippen molar-refractivity contribution in [3.05, 3.63) is 11.9 Å². The molecule has 0 unspecified atom stereocenters. The van der Waals surface area contributed by atoms with Crippen LogP contribution in [-0.2, 0) is 19.4 Å². The third-order valence-electron chi connectivity index (χ3n) is 4.72. The van der Waals surface area contributed by atoms with Crippen LogP contribution in [0.3, 0.4) is 0 Å². The molecule has 1 aromatic heterocycles. The molecule has 1 aromatic rings. The molecule has 0 radical (unpaired) electrons. The normalized spacial score (nSPS) is 23.9. The lowest BCUT2D eigenvalue weighted by Gasteiger charge is -2.38. The maximum absolute atomic E-state index is 12.9. The standard InChI is InChI=1S/C15H23N3O4S/c1-23(20,21)13-10-16-17-14(13)12-4-2-3-7-18(12)15(19)11-5-8-22-9-6-11/h10-12H,2-9H2,1H3,(H,16,17)/t12-/m1/s1. The van der Waals surface area contributed by atoms with E-state index < -0.39 is 9.84 Å². The summed E-state index contributed by atoms with van der Waals surface area (Å²) in [6.07, 6.45) is 6.69. The van der Waals surface area contributed by atoms with Gasteiger partial charge in [-0.2, -0.15) is 5.10 Å². The molecule has 2 saturated heterocycles. The molecule has 23 heavy (non-hydrogen) atoms. The fraction of sp³-hybridized carbons (Fsp3) is 0.733. The van der Waals surface area contributed by atoms with Gasteiger partial charge in [0.1, 0.15) is 4.90 Å². The molecule has 0 spiro atoms. The number of aromatic nitrogens is 2. The van der Waals surface area contributed by atoms with Crippen LogP contribution in [0.2, 0.25) is 0 Å². The van der Waals surface area contributed by atoms with E-state index in [2.05, 4.69) is 10.2 Å². The highest BCUT2D eigenvalue weighted by atomic mass is 32.2. The average molecular weight is 341 g/mol. The van der Waals surface area contributed by atoms with Gasteiger partial charge >= 0.3 is 0 Å². The van der Waals surface area contributed by atoms with Crippen LogP contribution in [0, 0.1) is 5.92 Å². The van der Waals surface area contributed by atoms with Gasteiger partial charge in [-0.25, -0.2) is 8.42 Å². The van der Waals surface area contributed by atoms with Crippen molar-refractivity contribution in [2.45, 2.75) is 43.0 Å². The van der Waals surface area contributed by atoms with E-state index in [1.807, 2.05) is 4.90 Å². The summed E-state index contributed by atoms with van der Waals surface area (Å²) >= 11 is 0. The number of piperidine rings is 1. The van der Waals surface area contributed by atoms with Crippen LogP contribution >= 0.6 is 0 Å². The lowest BCUT2D eigenvalue weighted by atomic mass is 9.93. The first kappa shape index (κ1) is 16.4. The molecule has 3 heterocycles. The first-order valence-electron chi connectivity index (χ1n) is 8.10. The molecule has 0 bridgehead atoms. The summed E-state index contributed by atoms with van der Waals surface area (Å²) in [4.78, 5) is 15.0. The summed E-state index contributed by atoms with van der Waals surface area (Å²) in [6, 6.07) is -0.230. The Morgan fingerprint density at radius 2 is 2.04 bits per heavy atom. The van der Waals surface area contributed by atoms with Gasteiger partial charge in [0.15, 0.2) is 9.84 Å². The van der Waals surface area contributed by atoms with Crippen molar-refractivity contribution in [2.75, 3.05) is 26.0 Å². The van der Waals surface area contributed by atoms with Crippen molar-refractivity contribution in [2.24, 2.45) is 5.92 Å². The molecule has 0 saturated carbocycles. The number of carbonyl (C=O) groups is 1. The van der Waals surface area contributed by atoms with E-state index >= 15 is 0 Å². The number of H-pyrrole nitrogens is 1. The van der Waals surface area contributed by atoms with Gasteiger partial charge in [-0.3, -0.25) is 9.89 Å². The average Bonchev–Trinajstić information content (AvgIpc) is 3.05. The minimum atomic E-state index is -3.37. The van der Waals surface area contributed by atoms with E-state index in [-0.39, 0.29) is 22.8 Å². The summed E-state index contributed by atoms with van der Waals surface area (Å²) in [6.45, 7) is 1.91. The SMILES string of the molecule is CS(=O)(=O)c1cn[nH]c1[C@H]1CCCCN1C(=O)C1CCOCC1. The molecule has 7 nitrogen and oxygen atoms in total. The zero-order valence-electron chi connectivity index (χ0n) is 13.3. The second kappa shape index (κ2) is 6.60. The van der Waals surface area contributed by atoms with E-state index in [0.29, 0.717) is 25.5 Å². The van der Waals surface area contributed by atoms with Crippen LogP contribution in [-0.4, -0.2) is 55.4 Å². The Morgan fingerprint density at radius 3 is 2.74 bits per heavy atom. The Bertz CT molecular complexity index is 664. The molecule has 128 valence electrons. The first-order valence-corrected chi connectivity index (χ1v) is 9.99. The maximum Gasteiger partial charge on any atom is 0.226 e. The van der Waals surface area contributed by atoms with Gasteiger partial charge in [0.25, 0.3) is 0 Å². The highest BCUT2D eigenvalue weighted by Crippen LogP contribution is 2.35. The summed E-state index contributed by atoms with van der Waals surface area (Å²) in [5, 5.41) is 6.73. The smallest absolute Gasteiger partial charge is 0.226 e. The maximum atomic E-state index is 12.9. The van der Waals surface area contributed by atoms with Gasteiger partial charge in [-0.1, -0.05) is 0 Å². The van der Waals surface area contributed by atoms with E-state index in [4.69, 9.17) is 4.74 Å². The first-order chi connectivity index (χ1) is 11.0. The minimum Gasteiger partial charge on any atom is -0.381 e. The molecule has 2 aliphatic heterocycles. The third kappa shape index (κ3) is 3.42. The van der Waals surface area contributed by atoms with E-state index in [9.17, 15) is 13.2 Å². The molecule has 1 amide bonds. The van der Waals surface area contributed by atoms with Gasteiger partial charge in [0.2, 0.25) is 5.91 Å². The Balaban J connectivity index is 1.87.